The van der Waals surface area contributed by atoms with E-state index < -0.39 is 0 Å². The molecule has 146 valence electrons. The summed E-state index contributed by atoms with van der Waals surface area (Å²) >= 11 is 1.54. The first-order valence-corrected chi connectivity index (χ1v) is 10.6. The molecule has 4 rings (SSSR count). The predicted molar refractivity (Wildman–Crippen MR) is 120 cm³/mol. The molecule has 0 unspecified atom stereocenters. The minimum atomic E-state index is 0.00584. The molecule has 3 aromatic carbocycles. The van der Waals surface area contributed by atoms with Crippen molar-refractivity contribution in [3.63, 3.8) is 0 Å². The number of fused-ring (bicyclic) bond motifs is 1. The number of rotatable bonds is 7. The Bertz CT molecular complexity index is 1100. The molecule has 4 nitrogen and oxygen atoms in total. The van der Waals surface area contributed by atoms with Crippen LogP contribution in [0.3, 0.4) is 0 Å². The lowest BCUT2D eigenvalue weighted by Gasteiger charge is -2.07. The molecule has 0 aliphatic rings. The Morgan fingerprint density at radius 3 is 2.41 bits per heavy atom. The molecule has 1 amide bonds. The maximum absolute atomic E-state index is 12.2. The van der Waals surface area contributed by atoms with Gasteiger partial charge in [0.15, 0.2) is 0 Å². The molecular formula is C24H23N3OS. The Morgan fingerprint density at radius 2 is 1.66 bits per heavy atom. The number of anilines is 1. The van der Waals surface area contributed by atoms with Crippen LogP contribution in [0.1, 0.15) is 11.4 Å². The molecular weight excluding hydrogens is 378 g/mol. The van der Waals surface area contributed by atoms with Crippen molar-refractivity contribution >= 4 is 34.4 Å². The fourth-order valence-electron chi connectivity index (χ4n) is 3.29. The number of imidazole rings is 1. The van der Waals surface area contributed by atoms with Gasteiger partial charge >= 0.3 is 0 Å². The van der Waals surface area contributed by atoms with E-state index in [9.17, 15) is 4.79 Å². The Kier molecular flexibility index (Phi) is 5.96. The lowest BCUT2D eigenvalue weighted by atomic mass is 10.1. The van der Waals surface area contributed by atoms with Gasteiger partial charge in [0.2, 0.25) is 5.91 Å². The largest absolute Gasteiger partial charge is 0.331 e. The average molecular weight is 402 g/mol. The highest BCUT2D eigenvalue weighted by Crippen LogP contribution is 2.19. The topological polar surface area (TPSA) is 46.9 Å². The highest BCUT2D eigenvalue weighted by Gasteiger charge is 2.08. The van der Waals surface area contributed by atoms with E-state index in [-0.39, 0.29) is 5.91 Å². The summed E-state index contributed by atoms with van der Waals surface area (Å²) in [5, 5.41) is 2.96. The normalized spacial score (nSPS) is 10.9. The van der Waals surface area contributed by atoms with Crippen LogP contribution in [0.15, 0.2) is 83.8 Å². The van der Waals surface area contributed by atoms with E-state index >= 15 is 0 Å². The van der Waals surface area contributed by atoms with E-state index in [1.54, 1.807) is 0 Å². The van der Waals surface area contributed by atoms with Gasteiger partial charge in [-0.2, -0.15) is 0 Å². The van der Waals surface area contributed by atoms with Crippen molar-refractivity contribution < 1.29 is 4.79 Å². The highest BCUT2D eigenvalue weighted by atomic mass is 32.2. The van der Waals surface area contributed by atoms with Gasteiger partial charge in [0, 0.05) is 24.1 Å². The second kappa shape index (κ2) is 8.97. The molecule has 5 heteroatoms. The number of aryl methyl sites for hydroxylation is 3. The molecule has 1 heterocycles. The van der Waals surface area contributed by atoms with Gasteiger partial charge in [-0.1, -0.05) is 42.5 Å². The van der Waals surface area contributed by atoms with Crippen molar-refractivity contribution in [3.05, 3.63) is 90.3 Å². The predicted octanol–water partition coefficient (Wildman–Crippen LogP) is 5.09. The molecule has 0 radical (unpaired) electrons. The second-order valence-electron chi connectivity index (χ2n) is 6.92. The summed E-state index contributed by atoms with van der Waals surface area (Å²) in [6, 6.07) is 26.2. The number of nitrogens with zero attached hydrogens (tertiary/aromatic N) is 2. The van der Waals surface area contributed by atoms with Crippen LogP contribution in [-0.2, 0) is 24.7 Å². The zero-order chi connectivity index (χ0) is 20.1. The molecule has 0 spiro atoms. The Labute approximate surface area is 175 Å². The number of carbonyl (C=O) groups excluding carboxylic acids is 1. The number of hydrogen-bond donors (Lipinski definition) is 1. The second-order valence-corrected chi connectivity index (χ2v) is 7.97. The molecule has 0 fully saturated rings. The molecule has 0 atom stereocenters. The van der Waals surface area contributed by atoms with Crippen molar-refractivity contribution in [1.29, 1.82) is 0 Å². The van der Waals surface area contributed by atoms with Gasteiger partial charge < -0.3 is 9.88 Å². The SMILES string of the molecule is Cn1c(CCc2ccc(NC(=O)CSc3ccccc3)cc2)nc2ccccc21. The van der Waals surface area contributed by atoms with Crippen molar-refractivity contribution in [2.75, 3.05) is 11.1 Å². The Balaban J connectivity index is 1.30. The fourth-order valence-corrected chi connectivity index (χ4v) is 4.01. The first kappa shape index (κ1) is 19.3. The highest BCUT2D eigenvalue weighted by molar-refractivity contribution is 8.00. The summed E-state index contributed by atoms with van der Waals surface area (Å²) in [6.07, 6.45) is 1.79. The maximum Gasteiger partial charge on any atom is 0.234 e. The van der Waals surface area contributed by atoms with Crippen LogP contribution in [0.5, 0.6) is 0 Å². The summed E-state index contributed by atoms with van der Waals surface area (Å²) in [5.41, 5.74) is 4.26. The van der Waals surface area contributed by atoms with Crippen LogP contribution < -0.4 is 5.32 Å². The summed E-state index contributed by atoms with van der Waals surface area (Å²) in [4.78, 5) is 18.0. The van der Waals surface area contributed by atoms with Gasteiger partial charge in [-0.05, 0) is 48.4 Å². The smallest absolute Gasteiger partial charge is 0.234 e. The number of hydrogen-bond acceptors (Lipinski definition) is 3. The molecule has 0 aliphatic carbocycles. The summed E-state index contributed by atoms with van der Waals surface area (Å²) < 4.78 is 2.16. The van der Waals surface area contributed by atoms with Crippen LogP contribution in [0, 0.1) is 0 Å². The monoisotopic (exact) mass is 401 g/mol. The molecule has 29 heavy (non-hydrogen) atoms. The third-order valence-corrected chi connectivity index (χ3v) is 5.88. The van der Waals surface area contributed by atoms with Gasteiger partial charge in [-0.3, -0.25) is 4.79 Å². The molecule has 0 saturated carbocycles. The van der Waals surface area contributed by atoms with Crippen molar-refractivity contribution in [1.82, 2.24) is 9.55 Å². The summed E-state index contributed by atoms with van der Waals surface area (Å²) in [7, 11) is 2.07. The lowest BCUT2D eigenvalue weighted by Crippen LogP contribution is -2.13. The lowest BCUT2D eigenvalue weighted by molar-refractivity contribution is -0.113. The number of benzene rings is 3. The average Bonchev–Trinajstić information content (AvgIpc) is 3.08. The molecule has 1 N–H and O–H groups in total. The van der Waals surface area contributed by atoms with E-state index in [0.29, 0.717) is 5.75 Å². The van der Waals surface area contributed by atoms with Crippen LogP contribution in [0.4, 0.5) is 5.69 Å². The number of thioether (sulfide) groups is 1. The maximum atomic E-state index is 12.2. The van der Waals surface area contributed by atoms with Crippen LogP contribution in [0.2, 0.25) is 0 Å². The van der Waals surface area contributed by atoms with Crippen molar-refractivity contribution in [2.45, 2.75) is 17.7 Å². The first-order chi connectivity index (χ1) is 14.2. The first-order valence-electron chi connectivity index (χ1n) is 9.66. The van der Waals surface area contributed by atoms with E-state index in [4.69, 9.17) is 4.98 Å². The van der Waals surface area contributed by atoms with Crippen LogP contribution in [0.25, 0.3) is 11.0 Å². The zero-order valence-corrected chi connectivity index (χ0v) is 17.2. The van der Waals surface area contributed by atoms with Gasteiger partial charge in [0.1, 0.15) is 5.82 Å². The van der Waals surface area contributed by atoms with Gasteiger partial charge in [0.25, 0.3) is 0 Å². The number of nitrogens with one attached hydrogen (secondary N) is 1. The standard InChI is InChI=1S/C24H23N3OS/c1-27-22-10-6-5-9-21(22)26-23(27)16-13-18-11-14-19(15-12-18)25-24(28)17-29-20-7-3-2-4-8-20/h2-12,14-15H,13,16-17H2,1H3,(H,25,28). The van der Waals surface area contributed by atoms with Gasteiger partial charge in [0.05, 0.1) is 16.8 Å². The summed E-state index contributed by atoms with van der Waals surface area (Å²) in [5.74, 6) is 1.49. The quantitative estimate of drug-likeness (QED) is 0.439. The molecule has 0 aliphatic heterocycles. The van der Waals surface area contributed by atoms with Crippen LogP contribution >= 0.6 is 11.8 Å². The Morgan fingerprint density at radius 1 is 0.931 bits per heavy atom. The third kappa shape index (κ3) is 4.87. The minimum absolute atomic E-state index is 0.00584. The van der Waals surface area contributed by atoms with E-state index in [2.05, 4.69) is 35.1 Å². The number of amides is 1. The van der Waals surface area contributed by atoms with Gasteiger partial charge in [-0.15, -0.1) is 11.8 Å². The summed E-state index contributed by atoms with van der Waals surface area (Å²) in [6.45, 7) is 0. The molecule has 4 aromatic rings. The number of aromatic nitrogens is 2. The minimum Gasteiger partial charge on any atom is -0.331 e. The van der Waals surface area contributed by atoms with E-state index in [1.165, 1.54) is 17.3 Å². The molecule has 1 aromatic heterocycles. The number of para-hydroxylation sites is 2. The number of carbonyl (C=O) groups is 1. The van der Waals surface area contributed by atoms with Crippen molar-refractivity contribution in [2.24, 2.45) is 7.05 Å². The Hall–Kier alpha value is -3.05. The van der Waals surface area contributed by atoms with E-state index in [0.717, 1.165) is 40.3 Å². The molecule has 0 bridgehead atoms. The van der Waals surface area contributed by atoms with E-state index in [1.807, 2.05) is 60.7 Å². The van der Waals surface area contributed by atoms with Crippen LogP contribution in [-0.4, -0.2) is 21.2 Å². The third-order valence-electron chi connectivity index (χ3n) is 4.87. The molecule has 0 saturated heterocycles. The van der Waals surface area contributed by atoms with Crippen molar-refractivity contribution in [3.8, 4) is 0 Å². The fraction of sp³-hybridized carbons (Fsp3) is 0.167. The zero-order valence-electron chi connectivity index (χ0n) is 16.3. The van der Waals surface area contributed by atoms with Gasteiger partial charge in [-0.25, -0.2) is 4.98 Å².